The molecule has 0 aromatic heterocycles. The third-order valence-electron chi connectivity index (χ3n) is 5.68. The summed E-state index contributed by atoms with van der Waals surface area (Å²) in [5.74, 6) is 0.974. The molecule has 3 rings (SSSR count). The molecule has 2 aromatic rings. The van der Waals surface area contributed by atoms with E-state index in [1.54, 1.807) is 14.0 Å². The number of anilines is 1. The molecule has 1 fully saturated rings. The zero-order chi connectivity index (χ0) is 20.8. The molecule has 0 unspecified atom stereocenters. The van der Waals surface area contributed by atoms with Crippen LogP contribution in [0.15, 0.2) is 48.5 Å². The van der Waals surface area contributed by atoms with Crippen molar-refractivity contribution in [3.05, 3.63) is 59.7 Å². The van der Waals surface area contributed by atoms with E-state index < -0.39 is 0 Å². The molecule has 2 aromatic carbocycles. The largest absolute Gasteiger partial charge is 0.497 e. The summed E-state index contributed by atoms with van der Waals surface area (Å²) >= 11 is 0. The number of ether oxygens (including phenoxy) is 1. The highest BCUT2D eigenvalue weighted by Gasteiger charge is 2.29. The van der Waals surface area contributed by atoms with Crippen LogP contribution in [0, 0.1) is 0 Å². The van der Waals surface area contributed by atoms with Gasteiger partial charge in [0.2, 0.25) is 0 Å². The number of hydrogen-bond acceptors (Lipinski definition) is 4. The Bertz CT molecular complexity index is 825. The first-order valence-electron chi connectivity index (χ1n) is 10.1. The lowest BCUT2D eigenvalue weighted by Crippen LogP contribution is -3.19. The predicted molar refractivity (Wildman–Crippen MR) is 114 cm³/mol. The van der Waals surface area contributed by atoms with Crippen LogP contribution in [0.5, 0.6) is 5.75 Å². The quantitative estimate of drug-likeness (QED) is 0.693. The van der Waals surface area contributed by atoms with E-state index in [0.29, 0.717) is 6.54 Å². The van der Waals surface area contributed by atoms with Gasteiger partial charge >= 0.3 is 0 Å². The minimum atomic E-state index is -0.0875. The SMILES string of the molecule is COc1ccc(CNC(=O)[C@H](C)[NH+]2CCN(c3ccc(C(C)=O)cc3)CC2)cc1. The van der Waals surface area contributed by atoms with Crippen molar-refractivity contribution in [1.82, 2.24) is 5.32 Å². The molecule has 0 saturated carbocycles. The Morgan fingerprint density at radius 2 is 1.69 bits per heavy atom. The molecule has 0 spiro atoms. The van der Waals surface area contributed by atoms with Gasteiger partial charge < -0.3 is 19.9 Å². The summed E-state index contributed by atoms with van der Waals surface area (Å²) in [5, 5.41) is 3.05. The number of carbonyl (C=O) groups excluding carboxylic acids is 2. The van der Waals surface area contributed by atoms with Gasteiger partial charge in [0, 0.05) is 17.8 Å². The number of nitrogens with one attached hydrogen (secondary N) is 2. The van der Waals surface area contributed by atoms with Crippen molar-refractivity contribution in [2.45, 2.75) is 26.4 Å². The standard InChI is InChI=1S/C23H29N3O3/c1-17(23(28)24-16-19-4-10-22(29-3)11-5-19)25-12-14-26(15-13-25)21-8-6-20(7-9-21)18(2)27/h4-11,17H,12-16H2,1-3H3,(H,24,28)/p+1/t17-/m0/s1. The number of quaternary nitrogens is 1. The van der Waals surface area contributed by atoms with Gasteiger partial charge in [-0.1, -0.05) is 12.1 Å². The second kappa shape index (κ2) is 9.56. The van der Waals surface area contributed by atoms with Crippen LogP contribution in [-0.2, 0) is 11.3 Å². The van der Waals surface area contributed by atoms with E-state index in [0.717, 1.165) is 48.7 Å². The number of carbonyl (C=O) groups is 2. The van der Waals surface area contributed by atoms with E-state index in [2.05, 4.69) is 10.2 Å². The molecule has 1 atom stereocenters. The highest BCUT2D eigenvalue weighted by molar-refractivity contribution is 5.94. The highest BCUT2D eigenvalue weighted by atomic mass is 16.5. The number of amides is 1. The molecule has 1 amide bonds. The third-order valence-corrected chi connectivity index (χ3v) is 5.68. The van der Waals surface area contributed by atoms with Gasteiger partial charge in [0.1, 0.15) is 5.75 Å². The molecule has 1 heterocycles. The summed E-state index contributed by atoms with van der Waals surface area (Å²) < 4.78 is 5.16. The Morgan fingerprint density at radius 3 is 2.24 bits per heavy atom. The molecule has 154 valence electrons. The van der Waals surface area contributed by atoms with Gasteiger partial charge in [-0.25, -0.2) is 0 Å². The van der Waals surface area contributed by atoms with Gasteiger partial charge in [-0.05, 0) is 55.8 Å². The molecule has 1 saturated heterocycles. The zero-order valence-corrected chi connectivity index (χ0v) is 17.4. The number of nitrogens with zero attached hydrogens (tertiary/aromatic N) is 1. The van der Waals surface area contributed by atoms with Crippen LogP contribution in [0.4, 0.5) is 5.69 Å². The fourth-order valence-corrected chi connectivity index (χ4v) is 3.66. The van der Waals surface area contributed by atoms with E-state index >= 15 is 0 Å². The summed E-state index contributed by atoms with van der Waals surface area (Å²) in [6.45, 7) is 7.70. The van der Waals surface area contributed by atoms with Crippen molar-refractivity contribution < 1.29 is 19.2 Å². The number of ketones is 1. The Kier molecular flexibility index (Phi) is 6.88. The second-order valence-corrected chi connectivity index (χ2v) is 7.54. The van der Waals surface area contributed by atoms with Crippen molar-refractivity contribution >= 4 is 17.4 Å². The van der Waals surface area contributed by atoms with Crippen LogP contribution in [0.25, 0.3) is 0 Å². The number of Topliss-reactive ketones (excluding diaryl/α,β-unsaturated/α-hetero) is 1. The summed E-state index contributed by atoms with van der Waals surface area (Å²) in [4.78, 5) is 27.6. The normalized spacial score (nSPS) is 15.6. The first-order valence-corrected chi connectivity index (χ1v) is 10.1. The van der Waals surface area contributed by atoms with Gasteiger partial charge in [-0.3, -0.25) is 9.59 Å². The minimum absolute atomic E-state index is 0.0788. The van der Waals surface area contributed by atoms with Gasteiger partial charge in [0.25, 0.3) is 5.91 Å². The van der Waals surface area contributed by atoms with Crippen molar-refractivity contribution in [3.8, 4) is 5.75 Å². The lowest BCUT2D eigenvalue weighted by Gasteiger charge is -2.36. The monoisotopic (exact) mass is 396 g/mol. The maximum Gasteiger partial charge on any atom is 0.278 e. The molecule has 0 bridgehead atoms. The number of benzene rings is 2. The smallest absolute Gasteiger partial charge is 0.278 e. The molecule has 6 nitrogen and oxygen atoms in total. The number of rotatable bonds is 7. The molecular weight excluding hydrogens is 366 g/mol. The number of hydrogen-bond donors (Lipinski definition) is 2. The Morgan fingerprint density at radius 1 is 1.07 bits per heavy atom. The van der Waals surface area contributed by atoms with E-state index in [4.69, 9.17) is 4.74 Å². The molecule has 0 radical (unpaired) electrons. The highest BCUT2D eigenvalue weighted by Crippen LogP contribution is 2.15. The summed E-state index contributed by atoms with van der Waals surface area (Å²) in [5.41, 5.74) is 2.92. The van der Waals surface area contributed by atoms with Gasteiger partial charge in [0.05, 0.1) is 33.3 Å². The Labute approximate surface area is 172 Å². The fraction of sp³-hybridized carbons (Fsp3) is 0.391. The van der Waals surface area contributed by atoms with Crippen LogP contribution in [0.1, 0.15) is 29.8 Å². The first kappa shape index (κ1) is 20.9. The van der Waals surface area contributed by atoms with Crippen LogP contribution in [0.3, 0.4) is 0 Å². The topological polar surface area (TPSA) is 63.1 Å². The first-order chi connectivity index (χ1) is 14.0. The van der Waals surface area contributed by atoms with Crippen LogP contribution in [-0.4, -0.2) is 51.0 Å². The van der Waals surface area contributed by atoms with Crippen molar-refractivity contribution in [2.24, 2.45) is 0 Å². The Hall–Kier alpha value is -2.86. The maximum atomic E-state index is 12.6. The van der Waals surface area contributed by atoms with Crippen LogP contribution >= 0.6 is 0 Å². The molecule has 1 aliphatic heterocycles. The minimum Gasteiger partial charge on any atom is -0.497 e. The molecule has 29 heavy (non-hydrogen) atoms. The lowest BCUT2D eigenvalue weighted by molar-refractivity contribution is -0.914. The molecule has 2 N–H and O–H groups in total. The van der Waals surface area contributed by atoms with Gasteiger partial charge in [-0.15, -0.1) is 0 Å². The predicted octanol–water partition coefficient (Wildman–Crippen LogP) is 1.31. The zero-order valence-electron chi connectivity index (χ0n) is 17.4. The number of piperazine rings is 1. The Balaban J connectivity index is 1.47. The molecule has 1 aliphatic rings. The molecule has 6 heteroatoms. The molecule has 0 aliphatic carbocycles. The van der Waals surface area contributed by atoms with Gasteiger partial charge in [0.15, 0.2) is 11.8 Å². The van der Waals surface area contributed by atoms with Crippen LogP contribution in [0.2, 0.25) is 0 Å². The average Bonchev–Trinajstić information content (AvgIpc) is 2.77. The van der Waals surface area contributed by atoms with Crippen molar-refractivity contribution in [2.75, 3.05) is 38.2 Å². The van der Waals surface area contributed by atoms with Gasteiger partial charge in [-0.2, -0.15) is 0 Å². The van der Waals surface area contributed by atoms with Crippen LogP contribution < -0.4 is 19.9 Å². The third kappa shape index (κ3) is 5.35. The van der Waals surface area contributed by atoms with E-state index in [1.165, 1.54) is 4.90 Å². The van der Waals surface area contributed by atoms with Crippen molar-refractivity contribution in [1.29, 1.82) is 0 Å². The lowest BCUT2D eigenvalue weighted by atomic mass is 10.1. The van der Waals surface area contributed by atoms with E-state index in [9.17, 15) is 9.59 Å². The van der Waals surface area contributed by atoms with E-state index in [1.807, 2.05) is 55.5 Å². The number of methoxy groups -OCH3 is 1. The van der Waals surface area contributed by atoms with E-state index in [-0.39, 0.29) is 17.7 Å². The summed E-state index contributed by atoms with van der Waals surface area (Å²) in [6.07, 6.45) is 0. The second-order valence-electron chi connectivity index (χ2n) is 7.54. The molecular formula is C23H30N3O3+. The van der Waals surface area contributed by atoms with Crippen molar-refractivity contribution in [3.63, 3.8) is 0 Å². The average molecular weight is 397 g/mol. The summed E-state index contributed by atoms with van der Waals surface area (Å²) in [7, 11) is 1.64. The summed E-state index contributed by atoms with van der Waals surface area (Å²) in [6, 6.07) is 15.4. The fourth-order valence-electron chi connectivity index (χ4n) is 3.66. The maximum absolute atomic E-state index is 12.6.